The molecule has 5 nitrogen and oxygen atoms in total. The molecule has 0 saturated heterocycles. The zero-order chi connectivity index (χ0) is 58.7. The number of hydrogen-bond donors (Lipinski definition) is 0. The number of ether oxygens (including phenoxy) is 1. The van der Waals surface area contributed by atoms with Crippen LogP contribution >= 0.6 is 0 Å². The average Bonchev–Trinajstić information content (AvgIpc) is 4.20. The third-order valence-electron chi connectivity index (χ3n) is 16.4. The van der Waals surface area contributed by atoms with Crippen molar-refractivity contribution in [1.82, 2.24) is 14.1 Å². The highest BCUT2D eigenvalue weighted by molar-refractivity contribution is 6.09. The van der Waals surface area contributed by atoms with E-state index in [1.165, 1.54) is 61.0 Å². The molecule has 0 aliphatic rings. The number of para-hydroxylation sites is 1. The van der Waals surface area contributed by atoms with Gasteiger partial charge in [-0.15, -0.1) is 0 Å². The second-order valence-corrected chi connectivity index (χ2v) is 30.3. The predicted molar refractivity (Wildman–Crippen MR) is 344 cm³/mol. The normalized spacial score (nSPS) is 13.2. The molecule has 418 valence electrons. The zero-order valence-electron chi connectivity index (χ0n) is 52.6. The van der Waals surface area contributed by atoms with Crippen molar-refractivity contribution in [3.63, 3.8) is 0 Å². The van der Waals surface area contributed by atoms with E-state index in [1.54, 1.807) is 0 Å². The van der Waals surface area contributed by atoms with Crippen LogP contribution in [0.15, 0.2) is 152 Å². The molecule has 0 atom stereocenters. The molecule has 0 spiro atoms. The van der Waals surface area contributed by atoms with Gasteiger partial charge in [-0.05, 0) is 154 Å². The Hall–Kier alpha value is -7.24. The van der Waals surface area contributed by atoms with Crippen molar-refractivity contribution in [2.75, 3.05) is 0 Å². The minimum Gasteiger partial charge on any atom is -0.458 e. The first-order valence-corrected chi connectivity index (χ1v) is 29.3. The third kappa shape index (κ3) is 11.3. The van der Waals surface area contributed by atoms with Crippen LogP contribution in [0.4, 0.5) is 0 Å². The van der Waals surface area contributed by atoms with Gasteiger partial charge >= 0.3 is 0 Å². The second-order valence-electron chi connectivity index (χ2n) is 30.3. The fraction of sp³-hybridized carbons (Fsp3) is 0.368. The molecule has 0 amide bonds. The van der Waals surface area contributed by atoms with E-state index < -0.39 is 0 Å². The summed E-state index contributed by atoms with van der Waals surface area (Å²) < 4.78 is 13.9. The van der Waals surface area contributed by atoms with Gasteiger partial charge in [-0.3, -0.25) is 13.7 Å². The number of nitrogens with zero attached hydrogens (tertiary/aromatic N) is 4. The summed E-state index contributed by atoms with van der Waals surface area (Å²) in [5.74, 6) is 2.36. The van der Waals surface area contributed by atoms with Crippen molar-refractivity contribution in [3.05, 3.63) is 197 Å². The molecule has 0 radical (unpaired) electrons. The molecule has 0 bridgehead atoms. The van der Waals surface area contributed by atoms with Gasteiger partial charge in [0.05, 0.1) is 33.4 Å². The summed E-state index contributed by atoms with van der Waals surface area (Å²) in [5, 5.41) is 2.32. The Balaban J connectivity index is 1.22. The second kappa shape index (κ2) is 19.7. The van der Waals surface area contributed by atoms with E-state index in [2.05, 4.69) is 311 Å². The minimum absolute atomic E-state index is 0.0333. The predicted octanol–water partition coefficient (Wildman–Crippen LogP) is 20.4. The standard InChI is InChI=1S/C76H88N4O/c1-70(2,3)51-33-34-77-68(44-51)80-64-28-23-22-27-60(64)61-31-30-59(46-66(61)80)81-58-26-24-25-57(45-58)78-47-79(65-32-29-48(39-67(65)78)49-35-52(71(4,5)6)40-53(36-49)72(7,8)9)69-62(42-56(75(16,17)18)43-63(69)76(19,20)21)50-37-54(73(10,11)12)41-55(38-50)74(13,14)15/h22-46H,1-21H3. The first-order chi connectivity index (χ1) is 37.5. The molecule has 0 N–H and O–H groups in total. The van der Waals surface area contributed by atoms with Crippen molar-refractivity contribution < 1.29 is 9.30 Å². The fourth-order valence-corrected chi connectivity index (χ4v) is 11.1. The van der Waals surface area contributed by atoms with Gasteiger partial charge in [-0.25, -0.2) is 4.98 Å². The van der Waals surface area contributed by atoms with E-state index in [1.807, 2.05) is 6.20 Å². The summed E-state index contributed by atoms with van der Waals surface area (Å²) in [5.41, 5.74) is 19.6. The van der Waals surface area contributed by atoms with Gasteiger partial charge in [0, 0.05) is 23.0 Å². The maximum absolute atomic E-state index is 7.00. The third-order valence-corrected chi connectivity index (χ3v) is 16.4. The fourth-order valence-electron chi connectivity index (χ4n) is 11.1. The smallest absolute Gasteiger partial charge is 0.269 e. The van der Waals surface area contributed by atoms with E-state index in [0.29, 0.717) is 0 Å². The van der Waals surface area contributed by atoms with Crippen LogP contribution < -0.4 is 9.30 Å². The summed E-state index contributed by atoms with van der Waals surface area (Å²) in [7, 11) is 0. The van der Waals surface area contributed by atoms with E-state index in [9.17, 15) is 0 Å². The summed E-state index contributed by atoms with van der Waals surface area (Å²) in [6.45, 7) is 48.8. The number of fused-ring (bicyclic) bond motifs is 4. The Morgan fingerprint density at radius 2 is 0.938 bits per heavy atom. The summed E-state index contributed by atoms with van der Waals surface area (Å²) in [6, 6.07) is 54.5. The Morgan fingerprint density at radius 1 is 0.395 bits per heavy atom. The van der Waals surface area contributed by atoms with E-state index in [0.717, 1.165) is 61.7 Å². The van der Waals surface area contributed by atoms with Crippen molar-refractivity contribution in [3.8, 4) is 50.9 Å². The van der Waals surface area contributed by atoms with E-state index in [4.69, 9.17) is 9.72 Å². The quantitative estimate of drug-likeness (QED) is 0.118. The van der Waals surface area contributed by atoms with Crippen LogP contribution in [-0.2, 0) is 37.9 Å². The molecule has 5 heteroatoms. The summed E-state index contributed by atoms with van der Waals surface area (Å²) in [4.78, 5) is 4.96. The molecule has 0 aliphatic heterocycles. The Bertz CT molecular complexity index is 3990. The van der Waals surface area contributed by atoms with Crippen LogP contribution in [0.1, 0.15) is 184 Å². The number of aromatic nitrogens is 4. The molecule has 10 rings (SSSR count). The number of pyridine rings is 1. The molecule has 3 heterocycles. The zero-order valence-corrected chi connectivity index (χ0v) is 52.6. The van der Waals surface area contributed by atoms with Crippen LogP contribution in [0, 0.1) is 6.33 Å². The lowest BCUT2D eigenvalue weighted by atomic mass is 9.75. The van der Waals surface area contributed by atoms with Crippen molar-refractivity contribution >= 4 is 32.8 Å². The number of rotatable bonds is 7. The maximum atomic E-state index is 7.00. The highest BCUT2D eigenvalue weighted by Gasteiger charge is 2.31. The highest BCUT2D eigenvalue weighted by atomic mass is 16.5. The van der Waals surface area contributed by atoms with Crippen molar-refractivity contribution in [1.29, 1.82) is 0 Å². The van der Waals surface area contributed by atoms with Crippen LogP contribution in [0.2, 0.25) is 0 Å². The van der Waals surface area contributed by atoms with Gasteiger partial charge in [0.25, 0.3) is 6.33 Å². The van der Waals surface area contributed by atoms with Crippen LogP contribution in [0.25, 0.3) is 72.3 Å². The lowest BCUT2D eigenvalue weighted by molar-refractivity contribution is -0.572. The van der Waals surface area contributed by atoms with Gasteiger partial charge < -0.3 is 4.74 Å². The molecular weight excluding hydrogens is 985 g/mol. The summed E-state index contributed by atoms with van der Waals surface area (Å²) in [6.07, 6.45) is 6.01. The Kier molecular flexibility index (Phi) is 13.9. The van der Waals surface area contributed by atoms with Crippen LogP contribution in [-0.4, -0.2) is 14.1 Å². The Morgan fingerprint density at radius 3 is 1.52 bits per heavy atom. The van der Waals surface area contributed by atoms with Gasteiger partial charge in [0.1, 0.15) is 17.3 Å². The molecule has 0 fully saturated rings. The van der Waals surface area contributed by atoms with E-state index in [-0.39, 0.29) is 37.9 Å². The molecule has 0 unspecified atom stereocenters. The largest absolute Gasteiger partial charge is 0.458 e. The van der Waals surface area contributed by atoms with Crippen molar-refractivity contribution in [2.24, 2.45) is 0 Å². The van der Waals surface area contributed by atoms with Crippen molar-refractivity contribution in [2.45, 2.75) is 183 Å². The number of imidazole rings is 1. The maximum Gasteiger partial charge on any atom is 0.269 e. The molecule has 3 aromatic heterocycles. The van der Waals surface area contributed by atoms with Gasteiger partial charge in [0.15, 0.2) is 0 Å². The summed E-state index contributed by atoms with van der Waals surface area (Å²) >= 11 is 0. The number of hydrogen-bond acceptors (Lipinski definition) is 2. The topological polar surface area (TPSA) is 35.9 Å². The first-order valence-electron chi connectivity index (χ1n) is 29.3. The van der Waals surface area contributed by atoms with Gasteiger partial charge in [0.2, 0.25) is 0 Å². The lowest BCUT2D eigenvalue weighted by Crippen LogP contribution is -2.35. The average molecular weight is 1070 g/mol. The minimum atomic E-state index is -0.238. The molecular formula is C76H88N4O. The van der Waals surface area contributed by atoms with Crippen LogP contribution in [0.5, 0.6) is 11.5 Å². The number of benzene rings is 7. The Labute approximate surface area is 485 Å². The monoisotopic (exact) mass is 1070 g/mol. The molecule has 0 saturated carbocycles. The van der Waals surface area contributed by atoms with Gasteiger partial charge in [-0.1, -0.05) is 230 Å². The highest BCUT2D eigenvalue weighted by Crippen LogP contribution is 2.44. The molecule has 7 aromatic carbocycles. The molecule has 81 heavy (non-hydrogen) atoms. The molecule has 0 aliphatic carbocycles. The lowest BCUT2D eigenvalue weighted by Gasteiger charge is -2.31. The van der Waals surface area contributed by atoms with Gasteiger partial charge in [-0.2, -0.15) is 0 Å². The first kappa shape index (κ1) is 57.0. The molecule has 10 aromatic rings. The SMILES string of the molecule is CC(C)(C)c1cc(-c2ccc3c(c2)n(-c2cccc(Oc4ccc5c6ccccc6n(-c6cc(C(C)(C)C)ccn6)c5c4)c2)[c-][n+]3-c2c(-c3cc(C(C)(C)C)cc(C(C)(C)C)c3)cc(C(C)(C)C)cc2C(C)(C)C)cc(C(C)(C)C)c1. The van der Waals surface area contributed by atoms with Crippen LogP contribution in [0.3, 0.4) is 0 Å². The van der Waals surface area contributed by atoms with E-state index >= 15 is 0 Å².